The van der Waals surface area contributed by atoms with Gasteiger partial charge in [0.2, 0.25) is 0 Å². The Bertz CT molecular complexity index is 921. The number of rotatable bonds is 5. The predicted octanol–water partition coefficient (Wildman–Crippen LogP) is 5.16. The summed E-state index contributed by atoms with van der Waals surface area (Å²) in [6.07, 6.45) is -2.28. The number of nitriles is 1. The highest BCUT2D eigenvalue weighted by atomic mass is 32.2. The molecule has 2 rings (SSSR count). The normalized spacial score (nSPS) is 10.9. The van der Waals surface area contributed by atoms with Gasteiger partial charge >= 0.3 is 12.3 Å². The number of alkyl halides is 3. The molecule has 146 valence electrons. The van der Waals surface area contributed by atoms with E-state index < -0.39 is 29.2 Å². The summed E-state index contributed by atoms with van der Waals surface area (Å²) < 4.78 is 45.6. The van der Waals surface area contributed by atoms with Crippen LogP contribution >= 0.6 is 23.9 Å². The van der Waals surface area contributed by atoms with Crippen molar-refractivity contribution in [2.75, 3.05) is 12.5 Å². The fourth-order valence-corrected chi connectivity index (χ4v) is 3.15. The Morgan fingerprint density at radius 1 is 1.07 bits per heavy atom. The lowest BCUT2D eigenvalue weighted by molar-refractivity contribution is -0.137. The van der Waals surface area contributed by atoms with Gasteiger partial charge in [-0.1, -0.05) is 0 Å². The summed E-state index contributed by atoms with van der Waals surface area (Å²) in [6, 6.07) is 9.59. The topological polar surface area (TPSA) is 70.4 Å². The van der Waals surface area contributed by atoms with Crippen LogP contribution in [0.3, 0.4) is 0 Å². The van der Waals surface area contributed by atoms with Gasteiger partial charge in [-0.05, 0) is 66.4 Å². The minimum atomic E-state index is -4.67. The first-order chi connectivity index (χ1) is 13.2. The fourth-order valence-electron chi connectivity index (χ4n) is 2.18. The highest BCUT2D eigenvalue weighted by Crippen LogP contribution is 2.34. The van der Waals surface area contributed by atoms with Gasteiger partial charge in [-0.25, -0.2) is 4.79 Å². The van der Waals surface area contributed by atoms with Crippen LogP contribution in [0.5, 0.6) is 5.75 Å². The number of ketones is 1. The number of hydrogen-bond donors (Lipinski definition) is 0. The Kier molecular flexibility index (Phi) is 6.99. The van der Waals surface area contributed by atoms with Crippen LogP contribution in [0.25, 0.3) is 0 Å². The molecular weight excluding hydrogens is 413 g/mol. The van der Waals surface area contributed by atoms with Gasteiger partial charge in [0.15, 0.2) is 5.78 Å². The molecule has 0 atom stereocenters. The van der Waals surface area contributed by atoms with E-state index >= 15 is 0 Å². The third-order valence-electron chi connectivity index (χ3n) is 3.51. The quantitative estimate of drug-likeness (QED) is 0.486. The first kappa shape index (κ1) is 21.7. The number of amides is 1. The minimum absolute atomic E-state index is 0.0576. The zero-order chi connectivity index (χ0) is 20.9. The Hall–Kier alpha value is -2.64. The molecular formula is C18H13F3N2O3S2. The summed E-state index contributed by atoms with van der Waals surface area (Å²) in [6.45, 7) is 0. The molecule has 0 bridgehead atoms. The van der Waals surface area contributed by atoms with E-state index in [0.717, 1.165) is 39.7 Å². The molecule has 0 N–H and O–H groups in total. The summed E-state index contributed by atoms with van der Waals surface area (Å²) in [5.41, 5.74) is -1.10. The number of hydrogen-bond acceptors (Lipinski definition) is 6. The third kappa shape index (κ3) is 4.99. The van der Waals surface area contributed by atoms with Crippen LogP contribution in [-0.2, 0) is 6.18 Å². The van der Waals surface area contributed by atoms with Crippen molar-refractivity contribution in [2.24, 2.45) is 0 Å². The van der Waals surface area contributed by atoms with E-state index in [-0.39, 0.29) is 11.3 Å². The second-order valence-electron chi connectivity index (χ2n) is 5.22. The highest BCUT2D eigenvalue weighted by Gasteiger charge is 2.32. The molecule has 0 radical (unpaired) electrons. The summed E-state index contributed by atoms with van der Waals surface area (Å²) in [5, 5.41) is 8.83. The Balaban J connectivity index is 2.49. The molecule has 2 aromatic carbocycles. The maximum absolute atomic E-state index is 13.1. The average molecular weight is 426 g/mol. The van der Waals surface area contributed by atoms with Crippen molar-refractivity contribution in [3.8, 4) is 11.8 Å². The first-order valence-corrected chi connectivity index (χ1v) is 9.93. The van der Waals surface area contributed by atoms with Gasteiger partial charge in [-0.2, -0.15) is 22.1 Å². The molecule has 0 aliphatic rings. The summed E-state index contributed by atoms with van der Waals surface area (Å²) in [4.78, 5) is 24.9. The zero-order valence-corrected chi connectivity index (χ0v) is 16.2. The van der Waals surface area contributed by atoms with Gasteiger partial charge in [-0.15, -0.1) is 0 Å². The van der Waals surface area contributed by atoms with Crippen LogP contribution in [0.15, 0.2) is 42.5 Å². The molecule has 0 fully saturated rings. The number of nitrogens with zero attached hydrogens (tertiary/aromatic N) is 2. The minimum Gasteiger partial charge on any atom is -0.408 e. The Labute approximate surface area is 167 Å². The maximum Gasteiger partial charge on any atom is 0.435 e. The van der Waals surface area contributed by atoms with Crippen LogP contribution in [0.1, 0.15) is 27.0 Å². The summed E-state index contributed by atoms with van der Waals surface area (Å²) >= 11 is 2.09. The van der Waals surface area contributed by atoms with E-state index in [1.165, 1.54) is 24.3 Å². The van der Waals surface area contributed by atoms with Crippen molar-refractivity contribution in [3.63, 3.8) is 0 Å². The molecule has 0 aromatic heterocycles. The standard InChI is InChI=1S/C18H13F3N2O3S2/c1-27-23(28-2)17(25)26-15-8-7-13(18(19,20)21)9-14(15)16(24)12-5-3-11(10-22)4-6-12/h3-9H,1-2H3. The molecule has 0 heterocycles. The predicted molar refractivity (Wildman–Crippen MR) is 101 cm³/mol. The van der Waals surface area contributed by atoms with Crippen LogP contribution in [0.4, 0.5) is 18.0 Å². The number of carbonyl (C=O) groups is 2. The average Bonchev–Trinajstić information content (AvgIpc) is 2.68. The van der Waals surface area contributed by atoms with Gasteiger partial charge in [0, 0.05) is 18.1 Å². The van der Waals surface area contributed by atoms with Gasteiger partial charge in [0.05, 0.1) is 22.8 Å². The van der Waals surface area contributed by atoms with E-state index in [4.69, 9.17) is 10.00 Å². The van der Waals surface area contributed by atoms with Gasteiger partial charge in [-0.3, -0.25) is 4.79 Å². The van der Waals surface area contributed by atoms with Gasteiger partial charge in [0.1, 0.15) is 5.75 Å². The molecule has 10 heteroatoms. The number of benzene rings is 2. The van der Waals surface area contributed by atoms with E-state index in [9.17, 15) is 22.8 Å². The monoisotopic (exact) mass is 426 g/mol. The van der Waals surface area contributed by atoms with E-state index in [2.05, 4.69) is 0 Å². The zero-order valence-electron chi connectivity index (χ0n) is 14.6. The molecule has 2 aromatic rings. The lowest BCUT2D eigenvalue weighted by Crippen LogP contribution is -2.22. The Morgan fingerprint density at radius 3 is 2.18 bits per heavy atom. The lowest BCUT2D eigenvalue weighted by atomic mass is 9.99. The second-order valence-corrected chi connectivity index (χ2v) is 6.91. The van der Waals surface area contributed by atoms with Gasteiger partial charge < -0.3 is 4.74 Å². The molecule has 0 spiro atoms. The van der Waals surface area contributed by atoms with Gasteiger partial charge in [0.25, 0.3) is 0 Å². The van der Waals surface area contributed by atoms with E-state index in [1.807, 2.05) is 6.07 Å². The smallest absolute Gasteiger partial charge is 0.408 e. The van der Waals surface area contributed by atoms with E-state index in [0.29, 0.717) is 11.6 Å². The number of carbonyl (C=O) groups excluding carboxylic acids is 2. The van der Waals surface area contributed by atoms with Crippen LogP contribution in [0.2, 0.25) is 0 Å². The number of halogens is 3. The number of ether oxygens (including phenoxy) is 1. The molecule has 0 aliphatic carbocycles. The van der Waals surface area contributed by atoms with E-state index in [1.54, 1.807) is 12.5 Å². The Morgan fingerprint density at radius 2 is 1.68 bits per heavy atom. The molecule has 0 saturated carbocycles. The molecule has 28 heavy (non-hydrogen) atoms. The first-order valence-electron chi connectivity index (χ1n) is 7.57. The fraction of sp³-hybridized carbons (Fsp3) is 0.167. The van der Waals surface area contributed by atoms with Crippen LogP contribution in [0, 0.1) is 11.3 Å². The lowest BCUT2D eigenvalue weighted by Gasteiger charge is -2.17. The van der Waals surface area contributed by atoms with Crippen molar-refractivity contribution in [3.05, 3.63) is 64.7 Å². The molecule has 1 amide bonds. The van der Waals surface area contributed by atoms with Crippen LogP contribution in [-0.4, -0.2) is 28.1 Å². The van der Waals surface area contributed by atoms with Crippen molar-refractivity contribution in [1.29, 1.82) is 5.26 Å². The van der Waals surface area contributed by atoms with Crippen molar-refractivity contribution >= 4 is 35.8 Å². The van der Waals surface area contributed by atoms with Crippen molar-refractivity contribution in [1.82, 2.24) is 3.71 Å². The molecule has 0 saturated heterocycles. The third-order valence-corrected chi connectivity index (χ3v) is 5.36. The molecule has 5 nitrogen and oxygen atoms in total. The SMILES string of the molecule is CSN(SC)C(=O)Oc1ccc(C(F)(F)F)cc1C(=O)c1ccc(C#N)cc1. The summed E-state index contributed by atoms with van der Waals surface area (Å²) in [5.74, 6) is -1.06. The molecule has 0 aliphatic heterocycles. The van der Waals surface area contributed by atoms with Crippen molar-refractivity contribution < 1.29 is 27.5 Å². The maximum atomic E-state index is 13.1. The highest BCUT2D eigenvalue weighted by molar-refractivity contribution is 8.12. The summed E-state index contributed by atoms with van der Waals surface area (Å²) in [7, 11) is 0. The molecule has 0 unspecified atom stereocenters. The van der Waals surface area contributed by atoms with Crippen LogP contribution < -0.4 is 4.74 Å². The largest absolute Gasteiger partial charge is 0.435 e. The second kappa shape index (κ2) is 9.03. The van der Waals surface area contributed by atoms with Crippen molar-refractivity contribution in [2.45, 2.75) is 6.18 Å².